The summed E-state index contributed by atoms with van der Waals surface area (Å²) in [6.07, 6.45) is 14.2. The van der Waals surface area contributed by atoms with Crippen LogP contribution in [-0.2, 0) is 0 Å². The molecule has 0 amide bonds. The molecule has 1 aromatic heterocycles. The molecule has 1 heterocycles. The third-order valence-electron chi connectivity index (χ3n) is 6.61. The number of unbranched alkanes of at least 4 members (excludes halogenated alkanes) is 2. The summed E-state index contributed by atoms with van der Waals surface area (Å²) in [4.78, 5) is 8.69. The Balaban J connectivity index is 1.38. The number of hydrogen-bond donors (Lipinski definition) is 0. The first-order valence-electron chi connectivity index (χ1n) is 11.5. The molecule has 0 spiro atoms. The van der Waals surface area contributed by atoms with Crippen LogP contribution in [0.4, 0.5) is 8.78 Å². The van der Waals surface area contributed by atoms with Gasteiger partial charge in [-0.3, -0.25) is 0 Å². The molecule has 1 aliphatic carbocycles. The van der Waals surface area contributed by atoms with Gasteiger partial charge in [0.2, 0.25) is 0 Å². The van der Waals surface area contributed by atoms with Gasteiger partial charge in [0.15, 0.2) is 17.5 Å². The lowest BCUT2D eigenvalue weighted by Crippen LogP contribution is -2.13. The van der Waals surface area contributed by atoms with Gasteiger partial charge >= 0.3 is 0 Å². The lowest BCUT2D eigenvalue weighted by atomic mass is 9.77. The van der Waals surface area contributed by atoms with Gasteiger partial charge in [0, 0.05) is 23.5 Å². The maximum absolute atomic E-state index is 13.5. The van der Waals surface area contributed by atoms with Gasteiger partial charge in [-0.1, -0.05) is 56.9 Å². The Hall–Kier alpha value is -2.62. The second kappa shape index (κ2) is 10.1. The molecule has 0 unspecified atom stereocenters. The molecular weight excluding hydrogens is 390 g/mol. The topological polar surface area (TPSA) is 25.8 Å². The standard InChI is InChI=1S/C27H30F2N2/c1-2-3-4-5-19-6-8-20(9-7-19)21-10-12-22(13-11-21)24-17-30-27(31-18-24)23-14-15-25(28)26(29)16-23/h10-20H,2-9H2,1H3/t19-,20-. The van der Waals surface area contributed by atoms with Crippen molar-refractivity contribution in [1.82, 2.24) is 9.97 Å². The van der Waals surface area contributed by atoms with Crippen LogP contribution in [0.25, 0.3) is 22.5 Å². The molecule has 4 rings (SSSR count). The van der Waals surface area contributed by atoms with Crippen LogP contribution in [0.2, 0.25) is 0 Å². The van der Waals surface area contributed by atoms with Crippen LogP contribution in [0.3, 0.4) is 0 Å². The first-order chi connectivity index (χ1) is 15.1. The molecule has 3 aromatic rings. The Morgan fingerprint density at radius 2 is 1.45 bits per heavy atom. The minimum Gasteiger partial charge on any atom is -0.236 e. The Bertz CT molecular complexity index is 975. The molecule has 1 saturated carbocycles. The number of rotatable bonds is 7. The summed E-state index contributed by atoms with van der Waals surface area (Å²) in [5.74, 6) is 0.215. The molecule has 0 atom stereocenters. The Morgan fingerprint density at radius 1 is 0.774 bits per heavy atom. The van der Waals surface area contributed by atoms with Gasteiger partial charge in [-0.15, -0.1) is 0 Å². The van der Waals surface area contributed by atoms with Gasteiger partial charge in [-0.25, -0.2) is 18.7 Å². The summed E-state index contributed by atoms with van der Waals surface area (Å²) in [7, 11) is 0. The number of benzene rings is 2. The van der Waals surface area contributed by atoms with Crippen molar-refractivity contribution in [3.05, 3.63) is 72.1 Å². The first kappa shape index (κ1) is 21.6. The zero-order valence-electron chi connectivity index (χ0n) is 18.2. The highest BCUT2D eigenvalue weighted by Crippen LogP contribution is 2.38. The summed E-state index contributed by atoms with van der Waals surface area (Å²) in [6, 6.07) is 12.5. The summed E-state index contributed by atoms with van der Waals surface area (Å²) in [6.45, 7) is 2.27. The van der Waals surface area contributed by atoms with Crippen LogP contribution in [0.1, 0.15) is 69.8 Å². The first-order valence-corrected chi connectivity index (χ1v) is 11.5. The predicted molar refractivity (Wildman–Crippen MR) is 122 cm³/mol. The van der Waals surface area contributed by atoms with Crippen LogP contribution in [-0.4, -0.2) is 9.97 Å². The van der Waals surface area contributed by atoms with Gasteiger partial charge in [-0.05, 0) is 66.8 Å². The van der Waals surface area contributed by atoms with Crippen molar-refractivity contribution in [3.8, 4) is 22.5 Å². The lowest BCUT2D eigenvalue weighted by Gasteiger charge is -2.29. The molecular formula is C27H30F2N2. The van der Waals surface area contributed by atoms with E-state index in [1.54, 1.807) is 12.4 Å². The molecule has 0 radical (unpaired) electrons. The Kier molecular flexibility index (Phi) is 7.06. The quantitative estimate of drug-likeness (QED) is 0.363. The van der Waals surface area contributed by atoms with Crippen molar-refractivity contribution < 1.29 is 8.78 Å². The summed E-state index contributed by atoms with van der Waals surface area (Å²) in [5, 5.41) is 0. The van der Waals surface area contributed by atoms with E-state index >= 15 is 0 Å². The van der Waals surface area contributed by atoms with E-state index in [9.17, 15) is 8.78 Å². The van der Waals surface area contributed by atoms with E-state index in [4.69, 9.17) is 0 Å². The molecule has 0 saturated heterocycles. The van der Waals surface area contributed by atoms with E-state index in [2.05, 4.69) is 41.2 Å². The maximum Gasteiger partial charge on any atom is 0.159 e. The molecule has 2 aromatic carbocycles. The van der Waals surface area contributed by atoms with E-state index in [1.807, 2.05) is 0 Å². The van der Waals surface area contributed by atoms with Crippen molar-refractivity contribution in [2.24, 2.45) is 5.92 Å². The van der Waals surface area contributed by atoms with Crippen molar-refractivity contribution >= 4 is 0 Å². The zero-order valence-corrected chi connectivity index (χ0v) is 18.2. The zero-order chi connectivity index (χ0) is 21.6. The van der Waals surface area contributed by atoms with Gasteiger partial charge in [0.25, 0.3) is 0 Å². The average molecular weight is 421 g/mol. The molecule has 0 bridgehead atoms. The Morgan fingerprint density at radius 3 is 2.10 bits per heavy atom. The molecule has 0 N–H and O–H groups in total. The molecule has 1 fully saturated rings. The van der Waals surface area contributed by atoms with E-state index in [-0.39, 0.29) is 0 Å². The van der Waals surface area contributed by atoms with E-state index < -0.39 is 11.6 Å². The second-order valence-electron chi connectivity index (χ2n) is 8.76. The van der Waals surface area contributed by atoms with Gasteiger partial charge < -0.3 is 0 Å². The van der Waals surface area contributed by atoms with Crippen LogP contribution >= 0.6 is 0 Å². The largest absolute Gasteiger partial charge is 0.236 e. The van der Waals surface area contributed by atoms with E-state index in [1.165, 1.54) is 63.0 Å². The number of halogens is 2. The van der Waals surface area contributed by atoms with Crippen molar-refractivity contribution in [2.75, 3.05) is 0 Å². The smallest absolute Gasteiger partial charge is 0.159 e. The van der Waals surface area contributed by atoms with Crippen LogP contribution < -0.4 is 0 Å². The third kappa shape index (κ3) is 5.36. The van der Waals surface area contributed by atoms with Crippen molar-refractivity contribution in [1.29, 1.82) is 0 Å². The highest BCUT2D eigenvalue weighted by molar-refractivity contribution is 5.64. The molecule has 2 nitrogen and oxygen atoms in total. The average Bonchev–Trinajstić information content (AvgIpc) is 2.82. The van der Waals surface area contributed by atoms with Gasteiger partial charge in [-0.2, -0.15) is 0 Å². The van der Waals surface area contributed by atoms with Crippen LogP contribution in [0.15, 0.2) is 54.9 Å². The monoisotopic (exact) mass is 420 g/mol. The fourth-order valence-corrected chi connectivity index (χ4v) is 4.68. The number of hydrogen-bond acceptors (Lipinski definition) is 2. The fourth-order valence-electron chi connectivity index (χ4n) is 4.68. The fraction of sp³-hybridized carbons (Fsp3) is 0.407. The predicted octanol–water partition coefficient (Wildman–Crippen LogP) is 7.94. The molecule has 0 aliphatic heterocycles. The SMILES string of the molecule is CCCCC[C@H]1CC[C@H](c2ccc(-c3cnc(-c4ccc(F)c(F)c4)nc3)cc2)CC1. The highest BCUT2D eigenvalue weighted by Gasteiger charge is 2.22. The third-order valence-corrected chi connectivity index (χ3v) is 6.61. The van der Waals surface area contributed by atoms with Gasteiger partial charge in [0.05, 0.1) is 0 Å². The van der Waals surface area contributed by atoms with E-state index in [0.717, 1.165) is 29.2 Å². The highest BCUT2D eigenvalue weighted by atomic mass is 19.2. The summed E-state index contributed by atoms with van der Waals surface area (Å²) >= 11 is 0. The number of aromatic nitrogens is 2. The van der Waals surface area contributed by atoms with Crippen LogP contribution in [0.5, 0.6) is 0 Å². The number of nitrogens with zero attached hydrogens (tertiary/aromatic N) is 2. The molecule has 162 valence electrons. The Labute approximate surface area is 183 Å². The van der Waals surface area contributed by atoms with Crippen LogP contribution in [0, 0.1) is 17.6 Å². The second-order valence-corrected chi connectivity index (χ2v) is 8.76. The summed E-state index contributed by atoms with van der Waals surface area (Å²) < 4.78 is 26.6. The minimum absolute atomic E-state index is 0.384. The maximum atomic E-state index is 13.5. The molecule has 4 heteroatoms. The van der Waals surface area contributed by atoms with Crippen molar-refractivity contribution in [2.45, 2.75) is 64.2 Å². The van der Waals surface area contributed by atoms with E-state index in [0.29, 0.717) is 17.3 Å². The minimum atomic E-state index is -0.893. The molecule has 1 aliphatic rings. The summed E-state index contributed by atoms with van der Waals surface area (Å²) in [5.41, 5.74) is 3.87. The lowest BCUT2D eigenvalue weighted by molar-refractivity contribution is 0.303. The molecule has 31 heavy (non-hydrogen) atoms. The van der Waals surface area contributed by atoms with Crippen molar-refractivity contribution in [3.63, 3.8) is 0 Å². The van der Waals surface area contributed by atoms with Gasteiger partial charge in [0.1, 0.15) is 0 Å². The normalized spacial score (nSPS) is 18.8.